The van der Waals surface area contributed by atoms with Crippen LogP contribution in [-0.4, -0.2) is 17.6 Å². The number of hydrogen-bond donors (Lipinski definition) is 2. The number of aryl methyl sites for hydroxylation is 1. The van der Waals surface area contributed by atoms with Crippen LogP contribution in [0.4, 0.5) is 5.69 Å². The van der Waals surface area contributed by atoms with Crippen LogP contribution in [-0.2, 0) is 16.1 Å². The van der Waals surface area contributed by atoms with Crippen LogP contribution in [0, 0.1) is 6.92 Å². The van der Waals surface area contributed by atoms with E-state index in [1.165, 1.54) is 17.4 Å². The fourth-order valence-corrected chi connectivity index (χ4v) is 2.95. The Hall–Kier alpha value is -2.27. The van der Waals surface area contributed by atoms with Gasteiger partial charge in [-0.2, -0.15) is 0 Å². The molecule has 24 heavy (non-hydrogen) atoms. The van der Waals surface area contributed by atoms with Crippen LogP contribution in [0.15, 0.2) is 53.4 Å². The Kier molecular flexibility index (Phi) is 6.88. The first kappa shape index (κ1) is 18.1. The Morgan fingerprint density at radius 2 is 1.67 bits per heavy atom. The van der Waals surface area contributed by atoms with Gasteiger partial charge in [0.1, 0.15) is 0 Å². The molecule has 0 aromatic heterocycles. The largest absolute Gasteiger partial charge is 0.352 e. The van der Waals surface area contributed by atoms with Crippen molar-refractivity contribution in [3.63, 3.8) is 0 Å². The molecule has 0 saturated heterocycles. The zero-order valence-electron chi connectivity index (χ0n) is 14.0. The lowest BCUT2D eigenvalue weighted by Gasteiger charge is -2.07. The molecule has 2 aromatic carbocycles. The smallest absolute Gasteiger partial charge is 0.221 e. The van der Waals surface area contributed by atoms with Gasteiger partial charge >= 0.3 is 0 Å². The molecule has 0 aliphatic heterocycles. The van der Waals surface area contributed by atoms with Crippen molar-refractivity contribution in [2.75, 3.05) is 11.1 Å². The lowest BCUT2D eigenvalue weighted by atomic mass is 10.2. The molecule has 2 aromatic rings. The summed E-state index contributed by atoms with van der Waals surface area (Å²) in [6.07, 6.45) is 0.489. The average Bonchev–Trinajstić information content (AvgIpc) is 2.55. The minimum atomic E-state index is -0.0953. The van der Waals surface area contributed by atoms with Gasteiger partial charge in [-0.15, -0.1) is 11.8 Å². The lowest BCUT2D eigenvalue weighted by Crippen LogP contribution is -2.23. The molecular formula is C19H22N2O2S. The van der Waals surface area contributed by atoms with Crippen molar-refractivity contribution in [2.45, 2.75) is 31.7 Å². The van der Waals surface area contributed by atoms with E-state index in [1.54, 1.807) is 11.8 Å². The second-order valence-electron chi connectivity index (χ2n) is 5.57. The van der Waals surface area contributed by atoms with Gasteiger partial charge in [-0.05, 0) is 36.8 Å². The number of rotatable bonds is 7. The molecule has 0 unspecified atom stereocenters. The van der Waals surface area contributed by atoms with Crippen LogP contribution in [0.25, 0.3) is 0 Å². The molecule has 126 valence electrons. The molecule has 0 fully saturated rings. The van der Waals surface area contributed by atoms with Crippen molar-refractivity contribution < 1.29 is 9.59 Å². The van der Waals surface area contributed by atoms with Gasteiger partial charge in [0, 0.05) is 36.2 Å². The van der Waals surface area contributed by atoms with Gasteiger partial charge in [-0.1, -0.05) is 29.8 Å². The van der Waals surface area contributed by atoms with Gasteiger partial charge in [-0.25, -0.2) is 0 Å². The second-order valence-corrected chi connectivity index (χ2v) is 6.73. The van der Waals surface area contributed by atoms with E-state index in [4.69, 9.17) is 0 Å². The van der Waals surface area contributed by atoms with E-state index in [1.807, 2.05) is 24.3 Å². The highest BCUT2D eigenvalue weighted by atomic mass is 32.2. The van der Waals surface area contributed by atoms with E-state index in [2.05, 4.69) is 41.8 Å². The molecule has 0 bridgehead atoms. The normalized spacial score (nSPS) is 10.2. The second kappa shape index (κ2) is 9.13. The first-order valence-electron chi connectivity index (χ1n) is 7.85. The summed E-state index contributed by atoms with van der Waals surface area (Å²) < 4.78 is 0. The summed E-state index contributed by atoms with van der Waals surface area (Å²) >= 11 is 1.69. The van der Waals surface area contributed by atoms with Crippen molar-refractivity contribution in [1.29, 1.82) is 0 Å². The molecule has 5 heteroatoms. The number of carbonyl (C=O) groups excluding carboxylic acids is 2. The Bertz CT molecular complexity index is 682. The summed E-state index contributed by atoms with van der Waals surface area (Å²) in [5, 5.41) is 5.63. The number of hydrogen-bond acceptors (Lipinski definition) is 3. The highest BCUT2D eigenvalue weighted by Crippen LogP contribution is 2.19. The van der Waals surface area contributed by atoms with Crippen molar-refractivity contribution >= 4 is 29.3 Å². The van der Waals surface area contributed by atoms with Gasteiger partial charge < -0.3 is 10.6 Å². The first-order chi connectivity index (χ1) is 11.5. The third-order valence-corrected chi connectivity index (χ3v) is 4.40. The summed E-state index contributed by atoms with van der Waals surface area (Å²) in [6, 6.07) is 15.8. The molecule has 0 saturated carbocycles. The van der Waals surface area contributed by atoms with E-state index in [0.717, 1.165) is 17.0 Å². The van der Waals surface area contributed by atoms with Gasteiger partial charge in [0.2, 0.25) is 11.8 Å². The van der Waals surface area contributed by atoms with E-state index in [9.17, 15) is 9.59 Å². The van der Waals surface area contributed by atoms with E-state index in [0.29, 0.717) is 13.0 Å². The first-order valence-corrected chi connectivity index (χ1v) is 8.84. The molecule has 4 nitrogen and oxygen atoms in total. The molecular weight excluding hydrogens is 320 g/mol. The van der Waals surface area contributed by atoms with Crippen LogP contribution in [0.1, 0.15) is 24.5 Å². The predicted octanol–water partition coefficient (Wildman–Crippen LogP) is 3.75. The fourth-order valence-electron chi connectivity index (χ4n) is 2.09. The van der Waals surface area contributed by atoms with Gasteiger partial charge in [0.25, 0.3) is 0 Å². The van der Waals surface area contributed by atoms with Gasteiger partial charge in [-0.3, -0.25) is 9.59 Å². The minimum Gasteiger partial charge on any atom is -0.352 e. The predicted molar refractivity (Wildman–Crippen MR) is 99.1 cm³/mol. The lowest BCUT2D eigenvalue weighted by molar-refractivity contribution is -0.120. The molecule has 0 aliphatic carbocycles. The summed E-state index contributed by atoms with van der Waals surface area (Å²) in [5.41, 5.74) is 3.00. The number of amides is 2. The van der Waals surface area contributed by atoms with Crippen molar-refractivity contribution in [1.82, 2.24) is 5.32 Å². The quantitative estimate of drug-likeness (QED) is 0.754. The molecule has 2 amide bonds. The standard InChI is InChI=1S/C19H22N2O2S/c1-14-3-9-18(10-4-14)24-12-11-19(23)20-13-16-5-7-17(8-6-16)21-15(2)22/h3-10H,11-13H2,1-2H3,(H,20,23)(H,21,22). The zero-order chi connectivity index (χ0) is 17.4. The van der Waals surface area contributed by atoms with Crippen molar-refractivity contribution in [3.8, 4) is 0 Å². The Morgan fingerprint density at radius 1 is 1.00 bits per heavy atom. The maximum Gasteiger partial charge on any atom is 0.221 e. The van der Waals surface area contributed by atoms with Crippen molar-refractivity contribution in [2.24, 2.45) is 0 Å². The Labute approximate surface area is 147 Å². The molecule has 0 heterocycles. The summed E-state index contributed by atoms with van der Waals surface area (Å²) in [4.78, 5) is 24.0. The molecule has 0 atom stereocenters. The van der Waals surface area contributed by atoms with Crippen LogP contribution >= 0.6 is 11.8 Å². The maximum absolute atomic E-state index is 11.9. The van der Waals surface area contributed by atoms with E-state index in [-0.39, 0.29) is 11.8 Å². The molecule has 0 aliphatic rings. The summed E-state index contributed by atoms with van der Waals surface area (Å²) in [7, 11) is 0. The number of benzene rings is 2. The SMILES string of the molecule is CC(=O)Nc1ccc(CNC(=O)CCSc2ccc(C)cc2)cc1. The van der Waals surface area contributed by atoms with Crippen LogP contribution < -0.4 is 10.6 Å². The average molecular weight is 342 g/mol. The third kappa shape index (κ3) is 6.46. The number of thioether (sulfide) groups is 1. The van der Waals surface area contributed by atoms with E-state index >= 15 is 0 Å². The highest BCUT2D eigenvalue weighted by molar-refractivity contribution is 7.99. The fraction of sp³-hybridized carbons (Fsp3) is 0.263. The Balaban J connectivity index is 1.69. The zero-order valence-corrected chi connectivity index (χ0v) is 14.8. The monoisotopic (exact) mass is 342 g/mol. The maximum atomic E-state index is 11.9. The third-order valence-electron chi connectivity index (χ3n) is 3.38. The Morgan fingerprint density at radius 3 is 2.29 bits per heavy atom. The molecule has 2 rings (SSSR count). The van der Waals surface area contributed by atoms with E-state index < -0.39 is 0 Å². The molecule has 0 radical (unpaired) electrons. The van der Waals surface area contributed by atoms with Crippen molar-refractivity contribution in [3.05, 3.63) is 59.7 Å². The van der Waals surface area contributed by atoms with Crippen LogP contribution in [0.2, 0.25) is 0 Å². The molecule has 2 N–H and O–H groups in total. The number of nitrogens with one attached hydrogen (secondary N) is 2. The topological polar surface area (TPSA) is 58.2 Å². The minimum absolute atomic E-state index is 0.0422. The number of anilines is 1. The molecule has 0 spiro atoms. The highest BCUT2D eigenvalue weighted by Gasteiger charge is 2.03. The summed E-state index contributed by atoms with van der Waals surface area (Å²) in [5.74, 6) is 0.707. The van der Waals surface area contributed by atoms with Crippen LogP contribution in [0.5, 0.6) is 0 Å². The van der Waals surface area contributed by atoms with Crippen LogP contribution in [0.3, 0.4) is 0 Å². The van der Waals surface area contributed by atoms with Gasteiger partial charge in [0.05, 0.1) is 0 Å². The summed E-state index contributed by atoms with van der Waals surface area (Å²) in [6.45, 7) is 4.03. The van der Waals surface area contributed by atoms with Gasteiger partial charge in [0.15, 0.2) is 0 Å². The number of carbonyl (C=O) groups is 2.